The van der Waals surface area contributed by atoms with Gasteiger partial charge in [0.05, 0.1) is 11.9 Å². The van der Waals surface area contributed by atoms with Crippen molar-refractivity contribution in [2.75, 3.05) is 16.7 Å². The second-order valence-electron chi connectivity index (χ2n) is 3.14. The van der Waals surface area contributed by atoms with Crippen LogP contribution in [0, 0.1) is 0 Å². The summed E-state index contributed by atoms with van der Waals surface area (Å²) in [4.78, 5) is 0. The van der Waals surface area contributed by atoms with E-state index in [0.29, 0.717) is 11.4 Å². The Morgan fingerprint density at radius 3 is 2.50 bits per heavy atom. The highest BCUT2D eigenvalue weighted by atomic mass is 32.2. The molecule has 0 aliphatic heterocycles. The Balaban J connectivity index is 2.98. The van der Waals surface area contributed by atoms with Crippen molar-refractivity contribution >= 4 is 21.4 Å². The van der Waals surface area contributed by atoms with E-state index >= 15 is 0 Å². The Morgan fingerprint density at radius 2 is 2.07 bits per heavy atom. The first kappa shape index (κ1) is 10.8. The Labute approximate surface area is 84.2 Å². The zero-order valence-electron chi connectivity index (χ0n) is 8.24. The number of nitrogen functional groups attached to an aromatic ring is 1. The summed E-state index contributed by atoms with van der Waals surface area (Å²) in [6, 6.07) is 5.15. The van der Waals surface area contributed by atoms with Gasteiger partial charge in [-0.3, -0.25) is 4.72 Å². The SMILES string of the molecule is CCc1ccc(NS(C)(=O)=O)cc1N. The highest BCUT2D eigenvalue weighted by Crippen LogP contribution is 2.18. The smallest absolute Gasteiger partial charge is 0.229 e. The average Bonchev–Trinajstić information content (AvgIpc) is 2.01. The Bertz CT molecular complexity index is 426. The molecule has 1 rings (SSSR count). The summed E-state index contributed by atoms with van der Waals surface area (Å²) in [6.07, 6.45) is 1.95. The third-order valence-electron chi connectivity index (χ3n) is 1.83. The van der Waals surface area contributed by atoms with Crippen molar-refractivity contribution in [2.24, 2.45) is 0 Å². The fraction of sp³-hybridized carbons (Fsp3) is 0.333. The molecule has 0 spiro atoms. The van der Waals surface area contributed by atoms with Gasteiger partial charge in [0.25, 0.3) is 0 Å². The van der Waals surface area contributed by atoms with Gasteiger partial charge in [0.1, 0.15) is 0 Å². The third kappa shape index (κ3) is 2.92. The minimum atomic E-state index is -3.22. The standard InChI is InChI=1S/C9H14N2O2S/c1-3-7-4-5-8(6-9(7)10)11-14(2,12)13/h4-6,11H,3,10H2,1-2H3. The van der Waals surface area contributed by atoms with Crippen LogP contribution in [0.1, 0.15) is 12.5 Å². The number of anilines is 2. The van der Waals surface area contributed by atoms with Gasteiger partial charge in [-0.05, 0) is 24.1 Å². The van der Waals surface area contributed by atoms with Crippen LogP contribution in [0.5, 0.6) is 0 Å². The third-order valence-corrected chi connectivity index (χ3v) is 2.44. The van der Waals surface area contributed by atoms with Crippen molar-refractivity contribution in [1.82, 2.24) is 0 Å². The highest BCUT2D eigenvalue weighted by Gasteiger charge is 2.03. The van der Waals surface area contributed by atoms with Crippen molar-refractivity contribution in [1.29, 1.82) is 0 Å². The van der Waals surface area contributed by atoms with Crippen LogP contribution >= 0.6 is 0 Å². The monoisotopic (exact) mass is 214 g/mol. The van der Waals surface area contributed by atoms with Crippen LogP contribution in [-0.2, 0) is 16.4 Å². The summed E-state index contributed by atoms with van der Waals surface area (Å²) in [5.41, 5.74) is 7.85. The molecule has 5 heteroatoms. The molecular formula is C9H14N2O2S. The molecule has 0 radical (unpaired) electrons. The van der Waals surface area contributed by atoms with Gasteiger partial charge in [-0.25, -0.2) is 8.42 Å². The fourth-order valence-corrected chi connectivity index (χ4v) is 1.75. The molecule has 78 valence electrons. The minimum absolute atomic E-state index is 0.502. The number of benzene rings is 1. The molecule has 0 fully saturated rings. The Hall–Kier alpha value is -1.23. The van der Waals surface area contributed by atoms with E-state index in [4.69, 9.17) is 5.73 Å². The topological polar surface area (TPSA) is 72.2 Å². The minimum Gasteiger partial charge on any atom is -0.398 e. The van der Waals surface area contributed by atoms with Crippen molar-refractivity contribution in [3.05, 3.63) is 23.8 Å². The molecular weight excluding hydrogens is 200 g/mol. The second-order valence-corrected chi connectivity index (χ2v) is 4.89. The van der Waals surface area contributed by atoms with Crippen molar-refractivity contribution in [3.8, 4) is 0 Å². The summed E-state index contributed by atoms with van der Waals surface area (Å²) < 4.78 is 24.2. The lowest BCUT2D eigenvalue weighted by Gasteiger charge is -2.07. The zero-order valence-corrected chi connectivity index (χ0v) is 9.06. The van der Waals surface area contributed by atoms with Crippen molar-refractivity contribution in [2.45, 2.75) is 13.3 Å². The number of aryl methyl sites for hydroxylation is 1. The van der Waals surface area contributed by atoms with Gasteiger partial charge < -0.3 is 5.73 Å². The van der Waals surface area contributed by atoms with E-state index < -0.39 is 10.0 Å². The first-order valence-electron chi connectivity index (χ1n) is 4.28. The number of hydrogen-bond donors (Lipinski definition) is 2. The molecule has 1 aromatic carbocycles. The zero-order chi connectivity index (χ0) is 10.8. The van der Waals surface area contributed by atoms with Crippen LogP contribution in [0.3, 0.4) is 0 Å². The maximum atomic E-state index is 10.9. The molecule has 0 heterocycles. The number of nitrogens with one attached hydrogen (secondary N) is 1. The van der Waals surface area contributed by atoms with Crippen molar-refractivity contribution < 1.29 is 8.42 Å². The van der Waals surface area contributed by atoms with Gasteiger partial charge in [0.2, 0.25) is 10.0 Å². The predicted octanol–water partition coefficient (Wildman–Crippen LogP) is 1.20. The van der Waals surface area contributed by atoms with Crippen molar-refractivity contribution in [3.63, 3.8) is 0 Å². The van der Waals surface area contributed by atoms with E-state index in [2.05, 4.69) is 4.72 Å². The molecule has 0 atom stereocenters. The second kappa shape index (κ2) is 3.88. The first-order valence-corrected chi connectivity index (χ1v) is 6.17. The molecule has 14 heavy (non-hydrogen) atoms. The maximum absolute atomic E-state index is 10.9. The fourth-order valence-electron chi connectivity index (χ4n) is 1.19. The molecule has 4 nitrogen and oxygen atoms in total. The molecule has 0 amide bonds. The first-order chi connectivity index (χ1) is 6.42. The molecule has 0 aliphatic rings. The predicted molar refractivity (Wildman–Crippen MR) is 58.7 cm³/mol. The molecule has 0 saturated heterocycles. The van der Waals surface area contributed by atoms with Crippen LogP contribution in [0.2, 0.25) is 0 Å². The molecule has 0 bridgehead atoms. The average molecular weight is 214 g/mol. The highest BCUT2D eigenvalue weighted by molar-refractivity contribution is 7.92. The van der Waals surface area contributed by atoms with Gasteiger partial charge >= 0.3 is 0 Å². The summed E-state index contributed by atoms with van der Waals surface area (Å²) in [5.74, 6) is 0. The summed E-state index contributed by atoms with van der Waals surface area (Å²) in [7, 11) is -3.22. The molecule has 0 aliphatic carbocycles. The van der Waals surface area contributed by atoms with E-state index in [9.17, 15) is 8.42 Å². The van der Waals surface area contributed by atoms with Gasteiger partial charge in [-0.15, -0.1) is 0 Å². The molecule has 3 N–H and O–H groups in total. The van der Waals surface area contributed by atoms with E-state index in [1.54, 1.807) is 12.1 Å². The van der Waals surface area contributed by atoms with Crippen LogP contribution in [0.25, 0.3) is 0 Å². The molecule has 0 unspecified atom stereocenters. The van der Waals surface area contributed by atoms with Crippen LogP contribution < -0.4 is 10.5 Å². The lowest BCUT2D eigenvalue weighted by molar-refractivity contribution is 0.607. The number of hydrogen-bond acceptors (Lipinski definition) is 3. The maximum Gasteiger partial charge on any atom is 0.229 e. The Morgan fingerprint density at radius 1 is 1.43 bits per heavy atom. The molecule has 0 saturated carbocycles. The van der Waals surface area contributed by atoms with Crippen LogP contribution in [0.15, 0.2) is 18.2 Å². The van der Waals surface area contributed by atoms with Crippen LogP contribution in [-0.4, -0.2) is 14.7 Å². The Kier molecular flexibility index (Phi) is 3.00. The normalized spacial score (nSPS) is 11.3. The summed E-state index contributed by atoms with van der Waals surface area (Å²) in [6.45, 7) is 2.00. The quantitative estimate of drug-likeness (QED) is 0.743. The molecule has 0 aromatic heterocycles. The lowest BCUT2D eigenvalue weighted by atomic mass is 10.1. The van der Waals surface area contributed by atoms with E-state index in [-0.39, 0.29) is 0 Å². The summed E-state index contributed by atoms with van der Waals surface area (Å²) in [5, 5.41) is 0. The molecule has 1 aromatic rings. The van der Waals surface area contributed by atoms with Gasteiger partial charge in [-0.1, -0.05) is 13.0 Å². The van der Waals surface area contributed by atoms with E-state index in [1.165, 1.54) is 0 Å². The van der Waals surface area contributed by atoms with Gasteiger partial charge in [0, 0.05) is 5.69 Å². The van der Waals surface area contributed by atoms with E-state index in [0.717, 1.165) is 18.2 Å². The van der Waals surface area contributed by atoms with Gasteiger partial charge in [-0.2, -0.15) is 0 Å². The largest absolute Gasteiger partial charge is 0.398 e. The summed E-state index contributed by atoms with van der Waals surface area (Å²) >= 11 is 0. The number of nitrogens with two attached hydrogens (primary N) is 1. The van der Waals surface area contributed by atoms with E-state index in [1.807, 2.05) is 13.0 Å². The number of sulfonamides is 1. The van der Waals surface area contributed by atoms with Crippen LogP contribution in [0.4, 0.5) is 11.4 Å². The van der Waals surface area contributed by atoms with Gasteiger partial charge in [0.15, 0.2) is 0 Å². The lowest BCUT2D eigenvalue weighted by Crippen LogP contribution is -2.09. The number of rotatable bonds is 3.